The summed E-state index contributed by atoms with van der Waals surface area (Å²) in [5.41, 5.74) is 5.79. The lowest BCUT2D eigenvalue weighted by molar-refractivity contribution is 0.135. The van der Waals surface area contributed by atoms with Gasteiger partial charge in [0.2, 0.25) is 0 Å². The Morgan fingerprint density at radius 2 is 1.43 bits per heavy atom. The van der Waals surface area contributed by atoms with E-state index in [9.17, 15) is 5.11 Å². The number of hydrogen-bond acceptors (Lipinski definition) is 2. The van der Waals surface area contributed by atoms with E-state index in [0.717, 1.165) is 22.6 Å². The summed E-state index contributed by atoms with van der Waals surface area (Å²) in [6, 6.07) is 34.0. The second-order valence-electron chi connectivity index (χ2n) is 9.03. The maximum Gasteiger partial charge on any atom is 0.105 e. The van der Waals surface area contributed by atoms with Crippen molar-refractivity contribution in [1.82, 2.24) is 14.1 Å². The summed E-state index contributed by atoms with van der Waals surface area (Å²) < 4.78 is 4.33. The zero-order chi connectivity index (χ0) is 23.8. The van der Waals surface area contributed by atoms with Crippen LogP contribution in [0.3, 0.4) is 0 Å². The highest BCUT2D eigenvalue weighted by atomic mass is 16.3. The van der Waals surface area contributed by atoms with Gasteiger partial charge in [-0.25, -0.2) is 4.98 Å². The first-order chi connectivity index (χ1) is 17.2. The van der Waals surface area contributed by atoms with Gasteiger partial charge in [0.15, 0.2) is 0 Å². The Labute approximate surface area is 204 Å². The van der Waals surface area contributed by atoms with Crippen molar-refractivity contribution in [3.8, 4) is 22.4 Å². The van der Waals surface area contributed by atoms with Crippen molar-refractivity contribution in [2.24, 2.45) is 0 Å². The number of imidazole rings is 1. The lowest BCUT2D eigenvalue weighted by Crippen LogP contribution is -2.23. The summed E-state index contributed by atoms with van der Waals surface area (Å²) in [5, 5.41) is 14.9. The van der Waals surface area contributed by atoms with E-state index < -0.39 is 6.10 Å². The predicted octanol–water partition coefficient (Wildman–Crippen LogP) is 6.69. The molecular formula is C31H27N3O. The van der Waals surface area contributed by atoms with Crippen LogP contribution in [-0.2, 0) is 13.1 Å². The highest BCUT2D eigenvalue weighted by Crippen LogP contribution is 2.43. The summed E-state index contributed by atoms with van der Waals surface area (Å²) >= 11 is 0. The highest BCUT2D eigenvalue weighted by molar-refractivity contribution is 6.15. The molecule has 2 heterocycles. The van der Waals surface area contributed by atoms with Gasteiger partial charge in [-0.2, -0.15) is 0 Å². The first-order valence-corrected chi connectivity index (χ1v) is 12.0. The Morgan fingerprint density at radius 3 is 2.14 bits per heavy atom. The molecule has 0 saturated heterocycles. The first-order valence-electron chi connectivity index (χ1n) is 12.0. The second kappa shape index (κ2) is 8.90. The van der Waals surface area contributed by atoms with Gasteiger partial charge in [-0.3, -0.25) is 0 Å². The molecule has 172 valence electrons. The van der Waals surface area contributed by atoms with Crippen LogP contribution < -0.4 is 0 Å². The molecular weight excluding hydrogens is 430 g/mol. The predicted molar refractivity (Wildman–Crippen MR) is 143 cm³/mol. The fourth-order valence-corrected chi connectivity index (χ4v) is 5.19. The third-order valence-corrected chi connectivity index (χ3v) is 6.78. The van der Waals surface area contributed by atoms with Gasteiger partial charge in [0.25, 0.3) is 0 Å². The smallest absolute Gasteiger partial charge is 0.105 e. The van der Waals surface area contributed by atoms with E-state index in [1.807, 2.05) is 23.8 Å². The molecule has 0 radical (unpaired) electrons. The van der Waals surface area contributed by atoms with Crippen molar-refractivity contribution >= 4 is 21.7 Å². The molecule has 0 aliphatic heterocycles. The van der Waals surface area contributed by atoms with E-state index in [0.29, 0.717) is 13.1 Å². The minimum absolute atomic E-state index is 0.471. The number of aliphatic hydroxyl groups excluding tert-OH is 1. The van der Waals surface area contributed by atoms with E-state index >= 15 is 0 Å². The van der Waals surface area contributed by atoms with Crippen molar-refractivity contribution in [3.63, 3.8) is 0 Å². The fraction of sp³-hybridized carbons (Fsp3) is 0.129. The molecule has 4 heteroatoms. The third kappa shape index (κ3) is 3.82. The van der Waals surface area contributed by atoms with Crippen molar-refractivity contribution in [3.05, 3.63) is 115 Å². The van der Waals surface area contributed by atoms with Crippen molar-refractivity contribution in [1.29, 1.82) is 0 Å². The fourth-order valence-electron chi connectivity index (χ4n) is 5.19. The van der Waals surface area contributed by atoms with Crippen molar-refractivity contribution in [2.45, 2.75) is 26.1 Å². The Bertz CT molecular complexity index is 1610. The highest BCUT2D eigenvalue weighted by Gasteiger charge is 2.23. The van der Waals surface area contributed by atoms with Crippen molar-refractivity contribution < 1.29 is 5.11 Å². The number of aryl methyl sites for hydroxylation is 1. The van der Waals surface area contributed by atoms with Gasteiger partial charge >= 0.3 is 0 Å². The Kier molecular flexibility index (Phi) is 5.44. The number of nitrogens with zero attached hydrogens (tertiary/aromatic N) is 3. The van der Waals surface area contributed by atoms with Crippen LogP contribution in [-0.4, -0.2) is 25.3 Å². The van der Waals surface area contributed by atoms with Gasteiger partial charge in [0.1, 0.15) is 5.82 Å². The number of aliphatic hydroxyl groups is 1. The van der Waals surface area contributed by atoms with E-state index in [1.54, 1.807) is 6.20 Å². The summed E-state index contributed by atoms with van der Waals surface area (Å²) in [4.78, 5) is 4.32. The van der Waals surface area contributed by atoms with Crippen LogP contribution in [0.25, 0.3) is 44.1 Å². The molecule has 6 rings (SSSR count). The number of rotatable bonds is 6. The van der Waals surface area contributed by atoms with Crippen LogP contribution in [0, 0.1) is 6.92 Å². The van der Waals surface area contributed by atoms with Crippen LogP contribution in [0.15, 0.2) is 109 Å². The standard InChI is InChI=1S/C31H27N3O/c1-22-32-18-19-33(22)20-26(35)21-34-30(25-13-6-3-7-14-25)29(24-11-4-2-5-12-24)28-17-16-23-10-8-9-15-27(23)31(28)34/h2-19,26,35H,20-21H2,1H3. The average Bonchev–Trinajstić information content (AvgIpc) is 3.45. The molecule has 0 spiro atoms. The molecule has 2 aromatic heterocycles. The molecule has 0 fully saturated rings. The van der Waals surface area contributed by atoms with Gasteiger partial charge in [0, 0.05) is 28.7 Å². The molecule has 0 aliphatic carbocycles. The Hall–Kier alpha value is -4.15. The lowest BCUT2D eigenvalue weighted by Gasteiger charge is -2.18. The molecule has 0 aliphatic rings. The lowest BCUT2D eigenvalue weighted by atomic mass is 9.97. The molecule has 0 bridgehead atoms. The molecule has 6 aromatic rings. The monoisotopic (exact) mass is 457 g/mol. The molecule has 4 nitrogen and oxygen atoms in total. The van der Waals surface area contributed by atoms with Crippen LogP contribution in [0.5, 0.6) is 0 Å². The van der Waals surface area contributed by atoms with Crippen LogP contribution in [0.2, 0.25) is 0 Å². The van der Waals surface area contributed by atoms with Gasteiger partial charge < -0.3 is 14.2 Å². The van der Waals surface area contributed by atoms with Gasteiger partial charge in [-0.1, -0.05) is 97.1 Å². The molecule has 0 saturated carbocycles. The van der Waals surface area contributed by atoms with Gasteiger partial charge in [-0.15, -0.1) is 0 Å². The molecule has 4 aromatic carbocycles. The minimum Gasteiger partial charge on any atom is -0.389 e. The zero-order valence-electron chi connectivity index (χ0n) is 19.7. The molecule has 1 N–H and O–H groups in total. The molecule has 35 heavy (non-hydrogen) atoms. The average molecular weight is 458 g/mol. The summed E-state index contributed by atoms with van der Waals surface area (Å²) in [6.07, 6.45) is 3.13. The molecule has 1 atom stereocenters. The third-order valence-electron chi connectivity index (χ3n) is 6.78. The number of benzene rings is 4. The van der Waals surface area contributed by atoms with E-state index in [2.05, 4.69) is 101 Å². The normalized spacial score (nSPS) is 12.4. The largest absolute Gasteiger partial charge is 0.389 e. The van der Waals surface area contributed by atoms with E-state index in [4.69, 9.17) is 0 Å². The number of hydrogen-bond donors (Lipinski definition) is 1. The Morgan fingerprint density at radius 1 is 0.743 bits per heavy atom. The minimum atomic E-state index is -0.580. The number of fused-ring (bicyclic) bond motifs is 3. The van der Waals surface area contributed by atoms with Crippen LogP contribution >= 0.6 is 0 Å². The van der Waals surface area contributed by atoms with E-state index in [-0.39, 0.29) is 0 Å². The topological polar surface area (TPSA) is 43.0 Å². The SMILES string of the molecule is Cc1nccn1CC(O)Cn1c(-c2ccccc2)c(-c2ccccc2)c2ccc3ccccc3c21. The maximum atomic E-state index is 11.3. The molecule has 0 amide bonds. The number of aromatic nitrogens is 3. The van der Waals surface area contributed by atoms with Gasteiger partial charge in [-0.05, 0) is 23.4 Å². The Balaban J connectivity index is 1.65. The van der Waals surface area contributed by atoms with E-state index in [1.165, 1.54) is 27.3 Å². The van der Waals surface area contributed by atoms with Gasteiger partial charge in [0.05, 0.1) is 30.4 Å². The summed E-state index contributed by atoms with van der Waals surface area (Å²) in [7, 11) is 0. The summed E-state index contributed by atoms with van der Waals surface area (Å²) in [6.45, 7) is 2.93. The van der Waals surface area contributed by atoms with Crippen LogP contribution in [0.1, 0.15) is 5.82 Å². The molecule has 1 unspecified atom stereocenters. The second-order valence-corrected chi connectivity index (χ2v) is 9.03. The zero-order valence-corrected chi connectivity index (χ0v) is 19.7. The quantitative estimate of drug-likeness (QED) is 0.303. The maximum absolute atomic E-state index is 11.3. The van der Waals surface area contributed by atoms with Crippen molar-refractivity contribution in [2.75, 3.05) is 0 Å². The first kappa shape index (κ1) is 21.4. The van der Waals surface area contributed by atoms with Crippen LogP contribution in [0.4, 0.5) is 0 Å². The summed E-state index contributed by atoms with van der Waals surface area (Å²) in [5.74, 6) is 0.903.